The van der Waals surface area contributed by atoms with Crippen LogP contribution in [0.25, 0.3) is 0 Å². The molecule has 6 heteroatoms. The average molecular weight is 172 g/mol. The molecule has 0 bridgehead atoms. The fraction of sp³-hybridized carbons (Fsp3) is 1.00. The Morgan fingerprint density at radius 2 is 2.11 bits per heavy atom. The van der Waals surface area contributed by atoms with Gasteiger partial charge in [0.15, 0.2) is 0 Å². The van der Waals surface area contributed by atoms with E-state index in [1.165, 1.54) is 0 Å². The second-order valence-corrected chi connectivity index (χ2v) is 3.56. The van der Waals surface area contributed by atoms with Crippen LogP contribution in [-0.2, 0) is 18.2 Å². The minimum Gasteiger partial charge on any atom is -0.251 e. The van der Waals surface area contributed by atoms with Crippen molar-refractivity contribution in [2.45, 2.75) is 6.92 Å². The van der Waals surface area contributed by atoms with Crippen LogP contribution in [0.5, 0.6) is 0 Å². The van der Waals surface area contributed by atoms with Crippen LogP contribution in [0.4, 0.5) is 0 Å². The molecule has 0 aromatic carbocycles. The first kappa shape index (κ1) is 9.22. The summed E-state index contributed by atoms with van der Waals surface area (Å²) in [4.78, 5) is 0. The van der Waals surface area contributed by atoms with Gasteiger partial charge < -0.3 is 0 Å². The van der Waals surface area contributed by atoms with Gasteiger partial charge in [0, 0.05) is 17.8 Å². The van der Waals surface area contributed by atoms with Gasteiger partial charge in [-0.15, -0.1) is 0 Å². The molecule has 0 aliphatic heterocycles. The molecule has 4 nitrogen and oxygen atoms in total. The molecule has 9 heavy (non-hydrogen) atoms. The molecule has 0 rings (SSSR count). The molecule has 0 spiro atoms. The SMILES string of the molecule is CCSOS(=O)(=O)OC. The summed E-state index contributed by atoms with van der Waals surface area (Å²) in [6.45, 7) is 1.77. The van der Waals surface area contributed by atoms with Crippen LogP contribution in [0.3, 0.4) is 0 Å². The minimum atomic E-state index is -3.72. The lowest BCUT2D eigenvalue weighted by atomic mass is 11.0. The largest absolute Gasteiger partial charge is 0.410 e. The third-order valence-corrected chi connectivity index (χ3v) is 2.15. The monoisotopic (exact) mass is 172 g/mol. The summed E-state index contributed by atoms with van der Waals surface area (Å²) < 4.78 is 28.7. The van der Waals surface area contributed by atoms with E-state index in [1.54, 1.807) is 6.92 Å². The molecule has 0 saturated carbocycles. The standard InChI is InChI=1S/C3H8O4S2/c1-3-8-7-9(4,5)6-2/h3H2,1-2H3. The molecule has 0 aliphatic rings. The van der Waals surface area contributed by atoms with Crippen LogP contribution in [0.1, 0.15) is 6.92 Å². The fourth-order valence-corrected chi connectivity index (χ4v) is 1.21. The molecule has 0 heterocycles. The fourth-order valence-electron chi connectivity index (χ4n) is 0.135. The highest BCUT2D eigenvalue weighted by atomic mass is 32.3. The molecule has 0 radical (unpaired) electrons. The van der Waals surface area contributed by atoms with Crippen LogP contribution in [0.2, 0.25) is 0 Å². The second-order valence-electron chi connectivity index (χ2n) is 1.05. The maximum atomic E-state index is 10.3. The van der Waals surface area contributed by atoms with Crippen molar-refractivity contribution in [3.05, 3.63) is 0 Å². The molecule has 56 valence electrons. The lowest BCUT2D eigenvalue weighted by Gasteiger charge is -1.96. The van der Waals surface area contributed by atoms with Crippen molar-refractivity contribution in [3.63, 3.8) is 0 Å². The number of hydrogen-bond acceptors (Lipinski definition) is 5. The Balaban J connectivity index is 3.61. The van der Waals surface area contributed by atoms with Gasteiger partial charge in [-0.3, -0.25) is 4.18 Å². The van der Waals surface area contributed by atoms with Crippen molar-refractivity contribution in [2.24, 2.45) is 0 Å². The van der Waals surface area contributed by atoms with E-state index >= 15 is 0 Å². The first-order valence-electron chi connectivity index (χ1n) is 2.24. The van der Waals surface area contributed by atoms with Gasteiger partial charge in [-0.2, -0.15) is 12.0 Å². The molecule has 0 aromatic rings. The van der Waals surface area contributed by atoms with Crippen molar-refractivity contribution in [3.8, 4) is 0 Å². The third-order valence-electron chi connectivity index (χ3n) is 0.453. The van der Waals surface area contributed by atoms with Crippen molar-refractivity contribution >= 4 is 22.4 Å². The zero-order valence-electron chi connectivity index (χ0n) is 5.16. The van der Waals surface area contributed by atoms with Gasteiger partial charge >= 0.3 is 10.4 Å². The predicted octanol–water partition coefficient (Wildman–Crippen LogP) is 0.562. The molecular weight excluding hydrogens is 164 g/mol. The molecule has 0 amide bonds. The Kier molecular flexibility index (Phi) is 4.20. The summed E-state index contributed by atoms with van der Waals surface area (Å²) in [5.41, 5.74) is 0. The van der Waals surface area contributed by atoms with Crippen LogP contribution in [0, 0.1) is 0 Å². The summed E-state index contributed by atoms with van der Waals surface area (Å²) >= 11 is 0.827. The lowest BCUT2D eigenvalue weighted by Crippen LogP contribution is -2.01. The van der Waals surface area contributed by atoms with Gasteiger partial charge in [-0.05, 0) is 0 Å². The molecule has 0 unspecified atom stereocenters. The molecule has 0 aromatic heterocycles. The van der Waals surface area contributed by atoms with Crippen molar-refractivity contribution in [1.82, 2.24) is 0 Å². The quantitative estimate of drug-likeness (QED) is 0.580. The first-order chi connectivity index (χ1) is 4.12. The molecule has 0 fully saturated rings. The Labute approximate surface area is 59.1 Å². The smallest absolute Gasteiger partial charge is 0.251 e. The highest BCUT2D eigenvalue weighted by Gasteiger charge is 2.07. The summed E-state index contributed by atoms with van der Waals surface area (Å²) in [5, 5.41) is 0. The van der Waals surface area contributed by atoms with E-state index in [0.717, 1.165) is 19.2 Å². The summed E-state index contributed by atoms with van der Waals surface area (Å²) in [6.07, 6.45) is 0. The van der Waals surface area contributed by atoms with Gasteiger partial charge in [0.2, 0.25) is 0 Å². The molecule has 0 saturated heterocycles. The van der Waals surface area contributed by atoms with Gasteiger partial charge in [0.1, 0.15) is 0 Å². The normalized spacial score (nSPS) is 11.8. The number of rotatable bonds is 4. The predicted molar refractivity (Wildman–Crippen MR) is 35.1 cm³/mol. The topological polar surface area (TPSA) is 52.6 Å². The Hall–Kier alpha value is 0.220. The van der Waals surface area contributed by atoms with E-state index in [0.29, 0.717) is 5.75 Å². The zero-order chi connectivity index (χ0) is 7.33. The number of hydrogen-bond donors (Lipinski definition) is 0. The van der Waals surface area contributed by atoms with Crippen LogP contribution >= 0.6 is 12.0 Å². The molecule has 0 N–H and O–H groups in total. The first-order valence-corrected chi connectivity index (χ1v) is 4.48. The molecular formula is C3H8O4S2. The lowest BCUT2D eigenvalue weighted by molar-refractivity contribution is 0.344. The van der Waals surface area contributed by atoms with Crippen molar-refractivity contribution in [1.29, 1.82) is 0 Å². The van der Waals surface area contributed by atoms with Gasteiger partial charge in [-0.25, -0.2) is 0 Å². The highest BCUT2D eigenvalue weighted by Crippen LogP contribution is 2.07. The summed E-state index contributed by atoms with van der Waals surface area (Å²) in [7, 11) is -2.67. The van der Waals surface area contributed by atoms with Crippen molar-refractivity contribution in [2.75, 3.05) is 12.9 Å². The third kappa shape index (κ3) is 4.71. The van der Waals surface area contributed by atoms with E-state index in [2.05, 4.69) is 7.81 Å². The second kappa shape index (κ2) is 4.10. The molecule has 0 atom stereocenters. The van der Waals surface area contributed by atoms with Crippen LogP contribution in [0.15, 0.2) is 0 Å². The van der Waals surface area contributed by atoms with Crippen LogP contribution in [-0.4, -0.2) is 21.3 Å². The van der Waals surface area contributed by atoms with E-state index in [9.17, 15) is 8.42 Å². The van der Waals surface area contributed by atoms with E-state index < -0.39 is 10.4 Å². The van der Waals surface area contributed by atoms with Crippen molar-refractivity contribution < 1.29 is 16.2 Å². The zero-order valence-corrected chi connectivity index (χ0v) is 6.79. The summed E-state index contributed by atoms with van der Waals surface area (Å²) in [5.74, 6) is 0.572. The van der Waals surface area contributed by atoms with Gasteiger partial charge in [0.05, 0.1) is 7.11 Å². The maximum Gasteiger partial charge on any atom is 0.410 e. The van der Waals surface area contributed by atoms with Gasteiger partial charge in [-0.1, -0.05) is 6.92 Å². The van der Waals surface area contributed by atoms with E-state index in [4.69, 9.17) is 0 Å². The maximum absolute atomic E-state index is 10.3. The van der Waals surface area contributed by atoms with E-state index in [1.807, 2.05) is 0 Å². The Bertz CT molecular complexity index is 149. The Morgan fingerprint density at radius 3 is 2.44 bits per heavy atom. The minimum absolute atomic E-state index is 0.572. The Morgan fingerprint density at radius 1 is 1.56 bits per heavy atom. The highest BCUT2D eigenvalue weighted by molar-refractivity contribution is 8.02. The van der Waals surface area contributed by atoms with E-state index in [-0.39, 0.29) is 0 Å². The average Bonchev–Trinajstić information content (AvgIpc) is 1.84. The van der Waals surface area contributed by atoms with Gasteiger partial charge in [0.25, 0.3) is 0 Å². The van der Waals surface area contributed by atoms with Crippen LogP contribution < -0.4 is 0 Å². The molecule has 0 aliphatic carbocycles. The summed E-state index contributed by atoms with van der Waals surface area (Å²) in [6, 6.07) is 0.